The van der Waals surface area contributed by atoms with Gasteiger partial charge in [0.2, 0.25) is 5.91 Å². The average Bonchev–Trinajstić information content (AvgIpc) is 2.82. The summed E-state index contributed by atoms with van der Waals surface area (Å²) >= 11 is 12.2. The first-order valence-electron chi connectivity index (χ1n) is 11.5. The minimum absolute atomic E-state index is 0.0683. The first kappa shape index (κ1) is 26.6. The van der Waals surface area contributed by atoms with Crippen LogP contribution in [0.1, 0.15) is 30.5 Å². The number of amides is 2. The molecule has 0 aromatic heterocycles. The molecule has 184 valence electrons. The second kappa shape index (κ2) is 12.6. The molecule has 0 saturated heterocycles. The summed E-state index contributed by atoms with van der Waals surface area (Å²) in [6.45, 7) is 5.79. The molecule has 0 saturated carbocycles. The van der Waals surface area contributed by atoms with Gasteiger partial charge in [-0.1, -0.05) is 83.4 Å². The van der Waals surface area contributed by atoms with Gasteiger partial charge in [0.15, 0.2) is 6.61 Å². The number of benzene rings is 3. The molecule has 0 fully saturated rings. The number of aryl methyl sites for hydroxylation is 1. The molecule has 1 N–H and O–H groups in total. The Kier molecular flexibility index (Phi) is 9.58. The Labute approximate surface area is 217 Å². The smallest absolute Gasteiger partial charge is 0.261 e. The number of carbonyl (C=O) groups excluding carboxylic acids is 2. The van der Waals surface area contributed by atoms with Crippen LogP contribution in [0.15, 0.2) is 72.8 Å². The molecule has 3 aromatic carbocycles. The van der Waals surface area contributed by atoms with Crippen LogP contribution in [0.4, 0.5) is 0 Å². The number of hydrogen-bond acceptors (Lipinski definition) is 3. The van der Waals surface area contributed by atoms with E-state index >= 15 is 0 Å². The molecule has 3 rings (SSSR count). The third-order valence-electron chi connectivity index (χ3n) is 5.42. The van der Waals surface area contributed by atoms with Crippen LogP contribution in [-0.4, -0.2) is 35.4 Å². The number of rotatable bonds is 10. The Morgan fingerprint density at radius 2 is 1.63 bits per heavy atom. The van der Waals surface area contributed by atoms with Gasteiger partial charge in [0, 0.05) is 24.0 Å². The summed E-state index contributed by atoms with van der Waals surface area (Å²) in [6.07, 6.45) is 0.374. The second-order valence-corrected chi connectivity index (χ2v) is 9.58. The molecular weight excluding hydrogens is 483 g/mol. The highest BCUT2D eigenvalue weighted by atomic mass is 35.5. The van der Waals surface area contributed by atoms with Gasteiger partial charge in [-0.15, -0.1) is 0 Å². The lowest BCUT2D eigenvalue weighted by Gasteiger charge is -2.32. The molecule has 35 heavy (non-hydrogen) atoms. The Balaban J connectivity index is 1.91. The summed E-state index contributed by atoms with van der Waals surface area (Å²) in [5, 5.41) is 3.76. The van der Waals surface area contributed by atoms with Crippen LogP contribution < -0.4 is 10.1 Å². The minimum atomic E-state index is -0.724. The zero-order chi connectivity index (χ0) is 25.4. The molecule has 0 aliphatic rings. The Morgan fingerprint density at radius 1 is 0.943 bits per heavy atom. The van der Waals surface area contributed by atoms with Gasteiger partial charge in [-0.3, -0.25) is 9.59 Å². The highest BCUT2D eigenvalue weighted by Crippen LogP contribution is 2.27. The van der Waals surface area contributed by atoms with Crippen LogP contribution >= 0.6 is 23.2 Å². The second-order valence-electron chi connectivity index (χ2n) is 8.74. The maximum absolute atomic E-state index is 13.5. The van der Waals surface area contributed by atoms with Crippen molar-refractivity contribution in [3.8, 4) is 5.75 Å². The molecule has 0 spiro atoms. The van der Waals surface area contributed by atoms with Crippen LogP contribution in [0.3, 0.4) is 0 Å². The topological polar surface area (TPSA) is 58.6 Å². The molecular formula is C28H30Cl2N2O3. The Morgan fingerprint density at radius 3 is 2.26 bits per heavy atom. The van der Waals surface area contributed by atoms with Gasteiger partial charge in [-0.05, 0) is 50.1 Å². The van der Waals surface area contributed by atoms with Crippen LogP contribution in [0, 0.1) is 6.92 Å². The average molecular weight is 513 g/mol. The summed E-state index contributed by atoms with van der Waals surface area (Å²) in [7, 11) is 0. The number of ether oxygens (including phenoxy) is 1. The van der Waals surface area contributed by atoms with Crippen LogP contribution in [0.2, 0.25) is 10.0 Å². The standard InChI is InChI=1S/C28H30Cl2N2O3/c1-19(2)31-28(34)25(15-21-7-5-4-6-8-21)32(17-22-11-9-20(3)10-12-22)27(33)18-35-26-14-13-23(29)16-24(26)30/h4-14,16,19,25H,15,17-18H2,1-3H3,(H,31,34)/t25-/m1/s1. The van der Waals surface area contributed by atoms with Gasteiger partial charge in [-0.2, -0.15) is 0 Å². The highest BCUT2D eigenvalue weighted by Gasteiger charge is 2.31. The molecule has 7 heteroatoms. The van der Waals surface area contributed by atoms with Crippen molar-refractivity contribution >= 4 is 35.0 Å². The fourth-order valence-electron chi connectivity index (χ4n) is 3.64. The molecule has 3 aromatic rings. The summed E-state index contributed by atoms with van der Waals surface area (Å²) in [6, 6.07) is 21.6. The van der Waals surface area contributed by atoms with Crippen molar-refractivity contribution in [1.29, 1.82) is 0 Å². The molecule has 0 unspecified atom stereocenters. The van der Waals surface area contributed by atoms with Gasteiger partial charge < -0.3 is 15.0 Å². The highest BCUT2D eigenvalue weighted by molar-refractivity contribution is 6.35. The fourth-order valence-corrected chi connectivity index (χ4v) is 4.10. The van der Waals surface area contributed by atoms with Crippen molar-refractivity contribution in [3.05, 3.63) is 99.5 Å². The number of carbonyl (C=O) groups is 2. The molecule has 0 radical (unpaired) electrons. The van der Waals surface area contributed by atoms with E-state index in [0.29, 0.717) is 22.2 Å². The predicted molar refractivity (Wildman–Crippen MR) is 141 cm³/mol. The van der Waals surface area contributed by atoms with E-state index < -0.39 is 6.04 Å². The van der Waals surface area contributed by atoms with Crippen molar-refractivity contribution in [1.82, 2.24) is 10.2 Å². The van der Waals surface area contributed by atoms with E-state index in [1.54, 1.807) is 23.1 Å². The molecule has 0 aliphatic carbocycles. The molecule has 0 heterocycles. The maximum atomic E-state index is 13.5. The molecule has 1 atom stereocenters. The normalized spacial score (nSPS) is 11.7. The van der Waals surface area contributed by atoms with E-state index in [-0.39, 0.29) is 31.0 Å². The third-order valence-corrected chi connectivity index (χ3v) is 5.95. The van der Waals surface area contributed by atoms with E-state index in [4.69, 9.17) is 27.9 Å². The van der Waals surface area contributed by atoms with Gasteiger partial charge in [-0.25, -0.2) is 0 Å². The van der Waals surface area contributed by atoms with Crippen LogP contribution in [0.5, 0.6) is 5.75 Å². The number of nitrogens with one attached hydrogen (secondary N) is 1. The molecule has 5 nitrogen and oxygen atoms in total. The Hall–Kier alpha value is -3.02. The maximum Gasteiger partial charge on any atom is 0.261 e. The summed E-state index contributed by atoms with van der Waals surface area (Å²) in [5.41, 5.74) is 2.99. The van der Waals surface area contributed by atoms with E-state index in [2.05, 4.69) is 5.32 Å². The number of halogens is 2. The van der Waals surface area contributed by atoms with Crippen molar-refractivity contribution < 1.29 is 14.3 Å². The fraction of sp³-hybridized carbons (Fsp3) is 0.286. The third kappa shape index (κ3) is 8.01. The van der Waals surface area contributed by atoms with Crippen molar-refractivity contribution in [3.63, 3.8) is 0 Å². The van der Waals surface area contributed by atoms with Gasteiger partial charge in [0.25, 0.3) is 5.91 Å². The molecule has 0 aliphatic heterocycles. The predicted octanol–water partition coefficient (Wildman–Crippen LogP) is 5.85. The first-order chi connectivity index (χ1) is 16.7. The lowest BCUT2D eigenvalue weighted by Crippen LogP contribution is -2.52. The van der Waals surface area contributed by atoms with E-state index in [1.807, 2.05) is 75.4 Å². The largest absolute Gasteiger partial charge is 0.482 e. The SMILES string of the molecule is Cc1ccc(CN(C(=O)COc2ccc(Cl)cc2Cl)[C@H](Cc2ccccc2)C(=O)NC(C)C)cc1. The van der Waals surface area contributed by atoms with Crippen LogP contribution in [-0.2, 0) is 22.6 Å². The zero-order valence-corrected chi connectivity index (χ0v) is 21.6. The minimum Gasteiger partial charge on any atom is -0.482 e. The quantitative estimate of drug-likeness (QED) is 0.370. The van der Waals surface area contributed by atoms with Crippen molar-refractivity contribution in [2.24, 2.45) is 0 Å². The van der Waals surface area contributed by atoms with Gasteiger partial charge >= 0.3 is 0 Å². The van der Waals surface area contributed by atoms with Crippen LogP contribution in [0.25, 0.3) is 0 Å². The zero-order valence-electron chi connectivity index (χ0n) is 20.1. The summed E-state index contributed by atoms with van der Waals surface area (Å²) in [4.78, 5) is 28.5. The summed E-state index contributed by atoms with van der Waals surface area (Å²) < 4.78 is 5.74. The molecule has 0 bridgehead atoms. The first-order valence-corrected chi connectivity index (χ1v) is 12.3. The van der Waals surface area contributed by atoms with Gasteiger partial charge in [0.1, 0.15) is 11.8 Å². The number of hydrogen-bond donors (Lipinski definition) is 1. The lowest BCUT2D eigenvalue weighted by atomic mass is 10.0. The number of nitrogens with zero attached hydrogens (tertiary/aromatic N) is 1. The summed E-state index contributed by atoms with van der Waals surface area (Å²) in [5.74, 6) is -0.184. The van der Waals surface area contributed by atoms with E-state index in [0.717, 1.165) is 16.7 Å². The van der Waals surface area contributed by atoms with Gasteiger partial charge in [0.05, 0.1) is 5.02 Å². The Bertz CT molecular complexity index is 1130. The van der Waals surface area contributed by atoms with Crippen molar-refractivity contribution in [2.45, 2.75) is 45.8 Å². The van der Waals surface area contributed by atoms with E-state index in [1.165, 1.54) is 0 Å². The van der Waals surface area contributed by atoms with E-state index in [9.17, 15) is 9.59 Å². The van der Waals surface area contributed by atoms with Crippen molar-refractivity contribution in [2.75, 3.05) is 6.61 Å². The molecule has 2 amide bonds. The monoisotopic (exact) mass is 512 g/mol. The lowest BCUT2D eigenvalue weighted by molar-refractivity contribution is -0.143.